The lowest BCUT2D eigenvalue weighted by Gasteiger charge is -2.36. The zero-order chi connectivity index (χ0) is 15.4. The van der Waals surface area contributed by atoms with Crippen LogP contribution in [0, 0.1) is 17.0 Å². The number of nitrogens with two attached hydrogens (primary N) is 1. The zero-order valence-corrected chi connectivity index (χ0v) is 12.8. The number of rotatable bonds is 5. The van der Waals surface area contributed by atoms with Crippen molar-refractivity contribution in [2.24, 2.45) is 5.73 Å². The summed E-state index contributed by atoms with van der Waals surface area (Å²) in [4.78, 5) is 17.5. The summed E-state index contributed by atoms with van der Waals surface area (Å²) in [5.41, 5.74) is 6.89. The van der Waals surface area contributed by atoms with E-state index in [9.17, 15) is 10.1 Å². The van der Waals surface area contributed by atoms with Crippen molar-refractivity contribution >= 4 is 11.5 Å². The van der Waals surface area contributed by atoms with Crippen molar-refractivity contribution in [1.29, 1.82) is 0 Å². The Bertz CT molecular complexity index is 498. The molecule has 6 heteroatoms. The average molecular weight is 292 g/mol. The molecular weight excluding hydrogens is 268 g/mol. The summed E-state index contributed by atoms with van der Waals surface area (Å²) in [5, 5.41) is 11.3. The summed E-state index contributed by atoms with van der Waals surface area (Å²) >= 11 is 0. The summed E-state index contributed by atoms with van der Waals surface area (Å²) < 4.78 is 0. The van der Waals surface area contributed by atoms with E-state index >= 15 is 0 Å². The number of hydrogen-bond acceptors (Lipinski definition) is 5. The minimum absolute atomic E-state index is 0.110. The molecule has 1 aromatic rings. The van der Waals surface area contributed by atoms with E-state index in [1.165, 1.54) is 0 Å². The molecule has 0 aromatic carbocycles. The first-order chi connectivity index (χ1) is 10.0. The van der Waals surface area contributed by atoms with Gasteiger partial charge in [0.25, 0.3) is 0 Å². The van der Waals surface area contributed by atoms with Gasteiger partial charge in [-0.15, -0.1) is 0 Å². The quantitative estimate of drug-likeness (QED) is 0.666. The molecule has 0 spiro atoms. The highest BCUT2D eigenvalue weighted by molar-refractivity contribution is 5.59. The predicted octanol–water partition coefficient (Wildman–Crippen LogP) is 2.78. The molecule has 0 unspecified atom stereocenters. The summed E-state index contributed by atoms with van der Waals surface area (Å²) in [6.07, 6.45) is 6.56. The molecule has 1 aromatic heterocycles. The Balaban J connectivity index is 2.31. The highest BCUT2D eigenvalue weighted by Crippen LogP contribution is 2.32. The lowest BCUT2D eigenvalue weighted by molar-refractivity contribution is -0.384. The van der Waals surface area contributed by atoms with Crippen molar-refractivity contribution < 1.29 is 4.92 Å². The van der Waals surface area contributed by atoms with Crippen LogP contribution in [0.2, 0.25) is 0 Å². The smallest absolute Gasteiger partial charge is 0.311 e. The fourth-order valence-corrected chi connectivity index (χ4v) is 3.02. The van der Waals surface area contributed by atoms with Crippen molar-refractivity contribution in [2.75, 3.05) is 11.4 Å². The van der Waals surface area contributed by atoms with Gasteiger partial charge in [0.2, 0.25) is 5.82 Å². The predicted molar refractivity (Wildman–Crippen MR) is 83.5 cm³/mol. The van der Waals surface area contributed by atoms with Crippen LogP contribution in [0.4, 0.5) is 11.5 Å². The van der Waals surface area contributed by atoms with Gasteiger partial charge in [0, 0.05) is 30.9 Å². The van der Waals surface area contributed by atoms with E-state index in [4.69, 9.17) is 5.73 Å². The molecule has 2 N–H and O–H groups in total. The zero-order valence-electron chi connectivity index (χ0n) is 12.8. The second kappa shape index (κ2) is 6.85. The Morgan fingerprint density at radius 2 is 2.10 bits per heavy atom. The summed E-state index contributed by atoms with van der Waals surface area (Å²) in [7, 11) is 0. The van der Waals surface area contributed by atoms with Crippen LogP contribution in [-0.2, 0) is 0 Å². The van der Waals surface area contributed by atoms with Gasteiger partial charge in [-0.3, -0.25) is 10.1 Å². The molecule has 0 radical (unpaired) electrons. The van der Waals surface area contributed by atoms with Crippen LogP contribution in [0.1, 0.15) is 44.6 Å². The molecule has 0 amide bonds. The fraction of sp³-hybridized carbons (Fsp3) is 0.667. The third-order valence-electron chi connectivity index (χ3n) is 4.10. The fourth-order valence-electron chi connectivity index (χ4n) is 3.02. The second-order valence-corrected chi connectivity index (χ2v) is 5.87. The van der Waals surface area contributed by atoms with Gasteiger partial charge in [-0.25, -0.2) is 4.98 Å². The molecule has 0 atom stereocenters. The average Bonchev–Trinajstić information content (AvgIpc) is 2.46. The lowest BCUT2D eigenvalue weighted by atomic mass is 9.90. The van der Waals surface area contributed by atoms with E-state index in [1.54, 1.807) is 12.3 Å². The summed E-state index contributed by atoms with van der Waals surface area (Å²) in [6.45, 7) is 4.70. The van der Waals surface area contributed by atoms with Gasteiger partial charge in [-0.1, -0.05) is 6.92 Å². The lowest BCUT2D eigenvalue weighted by Crippen LogP contribution is -2.42. The largest absolute Gasteiger partial charge is 0.348 e. The Kier molecular flexibility index (Phi) is 5.12. The maximum absolute atomic E-state index is 11.3. The van der Waals surface area contributed by atoms with Crippen molar-refractivity contribution in [3.05, 3.63) is 27.9 Å². The first kappa shape index (κ1) is 15.7. The van der Waals surface area contributed by atoms with Gasteiger partial charge < -0.3 is 10.6 Å². The highest BCUT2D eigenvalue weighted by atomic mass is 16.6. The van der Waals surface area contributed by atoms with Gasteiger partial charge in [0.05, 0.1) is 4.92 Å². The van der Waals surface area contributed by atoms with Crippen molar-refractivity contribution in [3.8, 4) is 0 Å². The minimum Gasteiger partial charge on any atom is -0.348 e. The number of hydrogen-bond donors (Lipinski definition) is 1. The summed E-state index contributed by atoms with van der Waals surface area (Å²) in [5.74, 6) is 0.507. The Morgan fingerprint density at radius 3 is 2.67 bits per heavy atom. The molecule has 1 fully saturated rings. The Morgan fingerprint density at radius 1 is 1.43 bits per heavy atom. The van der Waals surface area contributed by atoms with Crippen LogP contribution in [0.25, 0.3) is 0 Å². The number of nitro groups is 1. The number of nitrogens with zero attached hydrogens (tertiary/aromatic N) is 3. The van der Waals surface area contributed by atoms with Gasteiger partial charge in [-0.05, 0) is 44.6 Å². The Hall–Kier alpha value is -1.69. The second-order valence-electron chi connectivity index (χ2n) is 5.87. The third kappa shape index (κ3) is 3.69. The van der Waals surface area contributed by atoms with Crippen LogP contribution >= 0.6 is 0 Å². The van der Waals surface area contributed by atoms with Crippen molar-refractivity contribution in [3.63, 3.8) is 0 Å². The SMILES string of the molecule is CCCN(c1ncc(C)cc1[N+](=O)[O-])C1CCC(N)CC1. The van der Waals surface area contributed by atoms with E-state index < -0.39 is 0 Å². The molecule has 116 valence electrons. The van der Waals surface area contributed by atoms with Gasteiger partial charge in [-0.2, -0.15) is 0 Å². The molecule has 0 saturated heterocycles. The normalized spacial score (nSPS) is 22.0. The molecule has 0 aliphatic heterocycles. The van der Waals surface area contributed by atoms with E-state index in [-0.39, 0.29) is 16.7 Å². The van der Waals surface area contributed by atoms with Crippen LogP contribution in [0.15, 0.2) is 12.3 Å². The molecule has 1 aliphatic rings. The molecule has 0 bridgehead atoms. The van der Waals surface area contributed by atoms with E-state index in [0.717, 1.165) is 44.2 Å². The van der Waals surface area contributed by atoms with Crippen LogP contribution in [0.3, 0.4) is 0 Å². The van der Waals surface area contributed by atoms with Crippen LogP contribution < -0.4 is 10.6 Å². The van der Waals surface area contributed by atoms with Crippen LogP contribution in [0.5, 0.6) is 0 Å². The molecule has 21 heavy (non-hydrogen) atoms. The number of aryl methyl sites for hydroxylation is 1. The highest BCUT2D eigenvalue weighted by Gasteiger charge is 2.29. The first-order valence-electron chi connectivity index (χ1n) is 7.66. The molecule has 1 heterocycles. The monoisotopic (exact) mass is 292 g/mol. The number of aromatic nitrogens is 1. The Labute approximate surface area is 125 Å². The maximum atomic E-state index is 11.3. The molecule has 1 aliphatic carbocycles. The molecule has 1 saturated carbocycles. The molecular formula is C15H24N4O2. The van der Waals surface area contributed by atoms with Crippen molar-refractivity contribution in [2.45, 2.75) is 58.0 Å². The van der Waals surface area contributed by atoms with E-state index in [0.29, 0.717) is 11.9 Å². The first-order valence-corrected chi connectivity index (χ1v) is 7.66. The van der Waals surface area contributed by atoms with Crippen molar-refractivity contribution in [1.82, 2.24) is 4.98 Å². The molecule has 6 nitrogen and oxygen atoms in total. The van der Waals surface area contributed by atoms with Gasteiger partial charge in [0.15, 0.2) is 0 Å². The van der Waals surface area contributed by atoms with E-state index in [1.807, 2.05) is 6.92 Å². The molecule has 2 rings (SSSR count). The topological polar surface area (TPSA) is 85.3 Å². The van der Waals surface area contributed by atoms with Gasteiger partial charge in [0.1, 0.15) is 0 Å². The number of anilines is 1. The summed E-state index contributed by atoms with van der Waals surface area (Å²) in [6, 6.07) is 2.18. The van der Waals surface area contributed by atoms with E-state index in [2.05, 4.69) is 16.8 Å². The van der Waals surface area contributed by atoms with Gasteiger partial charge >= 0.3 is 5.69 Å². The maximum Gasteiger partial charge on any atom is 0.311 e. The minimum atomic E-state index is -0.327. The number of pyridine rings is 1. The standard InChI is InChI=1S/C15H24N4O2/c1-3-8-18(13-6-4-12(16)5-7-13)15-14(19(20)21)9-11(2)10-17-15/h9-10,12-13H,3-8,16H2,1-2H3. The van der Waals surface area contributed by atoms with Crippen LogP contribution in [-0.4, -0.2) is 28.5 Å². The third-order valence-corrected chi connectivity index (χ3v) is 4.10.